The number of hydrogen-bond acceptors (Lipinski definition) is 8. The van der Waals surface area contributed by atoms with Crippen LogP contribution in [-0.4, -0.2) is 45.3 Å². The molecular formula is C31H31ClN6O2. The van der Waals surface area contributed by atoms with E-state index in [0.717, 1.165) is 44.7 Å². The molecule has 3 heterocycles. The van der Waals surface area contributed by atoms with Crippen LogP contribution in [0.1, 0.15) is 23.4 Å². The van der Waals surface area contributed by atoms with Gasteiger partial charge in [-0.25, -0.2) is 15.0 Å². The highest BCUT2D eigenvalue weighted by Gasteiger charge is 2.17. The largest absolute Gasteiger partial charge is 0.481 e. The van der Waals surface area contributed by atoms with Crippen molar-refractivity contribution in [2.24, 2.45) is 0 Å². The van der Waals surface area contributed by atoms with Gasteiger partial charge in [-0.05, 0) is 62.2 Å². The van der Waals surface area contributed by atoms with Crippen LogP contribution in [0.15, 0.2) is 66.9 Å². The predicted molar refractivity (Wildman–Crippen MR) is 160 cm³/mol. The Kier molecular flexibility index (Phi) is 8.50. The van der Waals surface area contributed by atoms with E-state index in [4.69, 9.17) is 26.4 Å². The molecule has 40 heavy (non-hydrogen) atoms. The van der Waals surface area contributed by atoms with Crippen LogP contribution in [-0.2, 0) is 6.54 Å². The number of aryl methyl sites for hydroxylation is 1. The van der Waals surface area contributed by atoms with E-state index in [2.05, 4.69) is 38.6 Å². The van der Waals surface area contributed by atoms with Crippen LogP contribution in [0.25, 0.3) is 33.4 Å². The smallest absolute Gasteiger partial charge is 0.218 e. The minimum Gasteiger partial charge on any atom is -0.481 e. The van der Waals surface area contributed by atoms with Gasteiger partial charge in [0.25, 0.3) is 0 Å². The van der Waals surface area contributed by atoms with E-state index in [1.807, 2.05) is 61.5 Å². The zero-order valence-corrected chi connectivity index (χ0v) is 23.5. The van der Waals surface area contributed by atoms with Gasteiger partial charge in [0.05, 0.1) is 23.3 Å². The zero-order chi connectivity index (χ0) is 28.1. The van der Waals surface area contributed by atoms with E-state index in [1.54, 1.807) is 13.3 Å². The average molecular weight is 555 g/mol. The molecule has 8 nitrogen and oxygen atoms in total. The number of fused-ring (bicyclic) bond motifs is 1. The summed E-state index contributed by atoms with van der Waals surface area (Å²) in [7, 11) is 1.61. The number of benzene rings is 2. The number of ether oxygens (including phenoxy) is 1. The number of hydrogen-bond donors (Lipinski definition) is 3. The summed E-state index contributed by atoms with van der Waals surface area (Å²) >= 11 is 7.05. The van der Waals surface area contributed by atoms with Crippen molar-refractivity contribution in [1.29, 1.82) is 0 Å². The van der Waals surface area contributed by atoms with E-state index in [1.165, 1.54) is 0 Å². The van der Waals surface area contributed by atoms with E-state index < -0.39 is 0 Å². The maximum atomic E-state index is 9.00. The van der Waals surface area contributed by atoms with Gasteiger partial charge in [0.1, 0.15) is 11.3 Å². The number of methoxy groups -OCH3 is 1. The molecule has 0 saturated heterocycles. The Labute approximate surface area is 238 Å². The summed E-state index contributed by atoms with van der Waals surface area (Å²) in [6.07, 6.45) is 2.43. The van der Waals surface area contributed by atoms with Crippen LogP contribution < -0.4 is 15.4 Å². The second-order valence-electron chi connectivity index (χ2n) is 9.38. The molecule has 0 amide bonds. The molecule has 0 radical (unpaired) electrons. The summed E-state index contributed by atoms with van der Waals surface area (Å²) in [5.74, 6) is 1.87. The van der Waals surface area contributed by atoms with Gasteiger partial charge >= 0.3 is 0 Å². The van der Waals surface area contributed by atoms with Crippen molar-refractivity contribution in [2.75, 3.05) is 25.6 Å². The molecule has 0 bridgehead atoms. The third-order valence-corrected chi connectivity index (χ3v) is 7.09. The highest BCUT2D eigenvalue weighted by Crippen LogP contribution is 2.39. The van der Waals surface area contributed by atoms with E-state index in [9.17, 15) is 0 Å². The third kappa shape index (κ3) is 5.74. The van der Waals surface area contributed by atoms with E-state index in [0.29, 0.717) is 47.6 Å². The van der Waals surface area contributed by atoms with E-state index >= 15 is 0 Å². The van der Waals surface area contributed by atoms with Gasteiger partial charge in [0.15, 0.2) is 5.82 Å². The lowest BCUT2D eigenvalue weighted by atomic mass is 9.96. The van der Waals surface area contributed by atoms with Gasteiger partial charge in [-0.2, -0.15) is 0 Å². The maximum absolute atomic E-state index is 9.00. The van der Waals surface area contributed by atoms with Crippen molar-refractivity contribution in [2.45, 2.75) is 26.8 Å². The molecule has 3 aromatic heterocycles. The number of aliphatic hydroxyl groups excluding tert-OH is 1. The quantitative estimate of drug-likeness (QED) is 0.174. The number of aliphatic hydroxyl groups is 1. The first-order valence-corrected chi connectivity index (χ1v) is 13.5. The molecular weight excluding hydrogens is 524 g/mol. The van der Waals surface area contributed by atoms with Crippen molar-refractivity contribution >= 4 is 34.1 Å². The molecule has 0 spiro atoms. The molecule has 0 unspecified atom stereocenters. The van der Waals surface area contributed by atoms with Crippen LogP contribution in [0.3, 0.4) is 0 Å². The Morgan fingerprint density at radius 3 is 2.52 bits per heavy atom. The molecule has 3 N–H and O–H groups in total. The minimum absolute atomic E-state index is 0.156. The number of aromatic nitrogens is 4. The van der Waals surface area contributed by atoms with Crippen LogP contribution in [0.4, 0.5) is 11.5 Å². The number of halogens is 1. The number of anilines is 2. The Morgan fingerprint density at radius 1 is 0.900 bits per heavy atom. The first kappa shape index (κ1) is 27.5. The summed E-state index contributed by atoms with van der Waals surface area (Å²) in [6.45, 7) is 5.40. The normalized spacial score (nSPS) is 11.1. The lowest BCUT2D eigenvalue weighted by Gasteiger charge is -2.17. The summed E-state index contributed by atoms with van der Waals surface area (Å²) in [5, 5.41) is 16.4. The maximum Gasteiger partial charge on any atom is 0.218 e. The summed E-state index contributed by atoms with van der Waals surface area (Å²) < 4.78 is 5.58. The molecule has 2 aromatic carbocycles. The molecule has 204 valence electrons. The first-order chi connectivity index (χ1) is 19.5. The van der Waals surface area contributed by atoms with Crippen molar-refractivity contribution < 1.29 is 9.84 Å². The van der Waals surface area contributed by atoms with Crippen molar-refractivity contribution in [3.8, 4) is 28.3 Å². The predicted octanol–water partition coefficient (Wildman–Crippen LogP) is 6.25. The Hall–Kier alpha value is -4.11. The molecule has 0 aliphatic heterocycles. The monoisotopic (exact) mass is 554 g/mol. The molecule has 5 aromatic rings. The number of nitrogens with zero attached hydrogens (tertiary/aromatic N) is 4. The van der Waals surface area contributed by atoms with Crippen LogP contribution in [0, 0.1) is 13.8 Å². The topological polar surface area (TPSA) is 105 Å². The van der Waals surface area contributed by atoms with Gasteiger partial charge in [0, 0.05) is 41.7 Å². The Morgan fingerprint density at radius 2 is 1.70 bits per heavy atom. The van der Waals surface area contributed by atoms with Gasteiger partial charge in [0.2, 0.25) is 5.88 Å². The summed E-state index contributed by atoms with van der Waals surface area (Å²) in [6, 6.07) is 19.8. The SMILES string of the molecule is COc1nc(-c2cccc(-c3cccc(Nc4nc(C)nc5cccnc45)c3C)c2Cl)ccc1CNCCCO. The lowest BCUT2D eigenvalue weighted by Crippen LogP contribution is -2.16. The second kappa shape index (κ2) is 12.4. The van der Waals surface area contributed by atoms with Crippen LogP contribution in [0.2, 0.25) is 5.02 Å². The minimum atomic E-state index is 0.156. The first-order valence-electron chi connectivity index (χ1n) is 13.1. The summed E-state index contributed by atoms with van der Waals surface area (Å²) in [5.41, 5.74) is 7.81. The van der Waals surface area contributed by atoms with Crippen LogP contribution in [0.5, 0.6) is 5.88 Å². The van der Waals surface area contributed by atoms with Crippen molar-refractivity contribution in [1.82, 2.24) is 25.3 Å². The van der Waals surface area contributed by atoms with Crippen molar-refractivity contribution in [3.05, 3.63) is 88.8 Å². The second-order valence-corrected chi connectivity index (χ2v) is 9.76. The zero-order valence-electron chi connectivity index (χ0n) is 22.7. The van der Waals surface area contributed by atoms with Gasteiger partial charge in [-0.1, -0.05) is 48.0 Å². The fourth-order valence-corrected chi connectivity index (χ4v) is 4.98. The molecule has 0 saturated carbocycles. The average Bonchev–Trinajstić information content (AvgIpc) is 2.97. The fraction of sp³-hybridized carbons (Fsp3) is 0.226. The number of pyridine rings is 2. The molecule has 0 aliphatic carbocycles. The van der Waals surface area contributed by atoms with Gasteiger partial charge in [-0.3, -0.25) is 4.98 Å². The number of nitrogens with one attached hydrogen (secondary N) is 2. The molecule has 0 atom stereocenters. The Balaban J connectivity index is 1.48. The van der Waals surface area contributed by atoms with Gasteiger partial charge < -0.3 is 20.5 Å². The van der Waals surface area contributed by atoms with Crippen molar-refractivity contribution in [3.63, 3.8) is 0 Å². The highest BCUT2D eigenvalue weighted by atomic mass is 35.5. The summed E-state index contributed by atoms with van der Waals surface area (Å²) in [4.78, 5) is 18.4. The fourth-order valence-electron chi connectivity index (χ4n) is 4.66. The van der Waals surface area contributed by atoms with E-state index in [-0.39, 0.29) is 6.61 Å². The third-order valence-electron chi connectivity index (χ3n) is 6.68. The Bertz CT molecular complexity index is 1660. The number of rotatable bonds is 10. The molecule has 0 aliphatic rings. The standard InChI is InChI=1S/C31H31ClN6O2/c1-19-22(8-5-11-25(19)37-30-29-27(12-6-16-34-29)35-20(2)36-30)23-9-4-10-24(28(23)32)26-14-13-21(31(38-26)40-3)18-33-15-7-17-39/h4-6,8-14,16,33,39H,7,15,17-18H2,1-3H3,(H,35,36,37). The lowest BCUT2D eigenvalue weighted by molar-refractivity contribution is 0.286. The van der Waals surface area contributed by atoms with Crippen LogP contribution >= 0.6 is 11.6 Å². The van der Waals surface area contributed by atoms with Gasteiger partial charge in [-0.15, -0.1) is 0 Å². The highest BCUT2D eigenvalue weighted by molar-refractivity contribution is 6.36. The molecule has 9 heteroatoms. The molecule has 5 rings (SSSR count). The molecule has 0 fully saturated rings.